The molecule has 0 aliphatic carbocycles. The largest absolute Gasteiger partial charge is 0.332 e. The Labute approximate surface area is 108 Å². The van der Waals surface area contributed by atoms with Gasteiger partial charge in [0.1, 0.15) is 16.7 Å². The zero-order valence-corrected chi connectivity index (χ0v) is 10.7. The van der Waals surface area contributed by atoms with Gasteiger partial charge < -0.3 is 4.98 Å². The van der Waals surface area contributed by atoms with Gasteiger partial charge >= 0.3 is 0 Å². The third-order valence-electron chi connectivity index (χ3n) is 3.07. The predicted octanol–water partition coefficient (Wildman–Crippen LogP) is 1.58. The summed E-state index contributed by atoms with van der Waals surface area (Å²) in [6.07, 6.45) is 2.76. The van der Waals surface area contributed by atoms with E-state index in [9.17, 15) is 4.79 Å². The summed E-state index contributed by atoms with van der Waals surface area (Å²) in [5.74, 6) is 0.583. The van der Waals surface area contributed by atoms with Crippen molar-refractivity contribution in [3.8, 4) is 11.5 Å². The molecule has 0 radical (unpaired) electrons. The van der Waals surface area contributed by atoms with Gasteiger partial charge in [-0.25, -0.2) is 10.1 Å². The first-order valence-electron chi connectivity index (χ1n) is 6.09. The normalized spacial score (nSPS) is 11.1. The molecule has 0 bridgehead atoms. The number of rotatable bonds is 2. The van der Waals surface area contributed by atoms with Crippen LogP contribution >= 0.6 is 0 Å². The number of H-pyrrole nitrogens is 2. The minimum absolute atomic E-state index is 0.274. The standard InChI is InChI=1S/C13H13N5O/c1-3-8-4-5-9(14-6-8)12-15-10-7(2)17-18-13(19)11(10)16-12/h4-6H,3H2,1-2H3,(H,15,16)(H,18,19). The van der Waals surface area contributed by atoms with E-state index >= 15 is 0 Å². The predicted molar refractivity (Wildman–Crippen MR) is 71.9 cm³/mol. The first-order chi connectivity index (χ1) is 9.19. The van der Waals surface area contributed by atoms with E-state index in [0.29, 0.717) is 28.2 Å². The van der Waals surface area contributed by atoms with E-state index < -0.39 is 0 Å². The summed E-state index contributed by atoms with van der Waals surface area (Å²) in [5.41, 5.74) is 3.30. The van der Waals surface area contributed by atoms with Crippen LogP contribution in [0.5, 0.6) is 0 Å². The minimum Gasteiger partial charge on any atom is -0.332 e. The van der Waals surface area contributed by atoms with Gasteiger partial charge in [0.05, 0.1) is 5.69 Å². The number of fused-ring (bicyclic) bond motifs is 1. The minimum atomic E-state index is -0.274. The monoisotopic (exact) mass is 255 g/mol. The van der Waals surface area contributed by atoms with E-state index in [1.807, 2.05) is 18.3 Å². The number of hydrogen-bond acceptors (Lipinski definition) is 4. The average Bonchev–Trinajstić information content (AvgIpc) is 2.89. The first-order valence-corrected chi connectivity index (χ1v) is 6.09. The lowest BCUT2D eigenvalue weighted by atomic mass is 10.2. The van der Waals surface area contributed by atoms with Crippen molar-refractivity contribution in [2.24, 2.45) is 0 Å². The Morgan fingerprint density at radius 3 is 2.79 bits per heavy atom. The number of aromatic amines is 2. The highest BCUT2D eigenvalue weighted by atomic mass is 16.1. The van der Waals surface area contributed by atoms with Crippen LogP contribution < -0.4 is 5.56 Å². The molecule has 0 aliphatic heterocycles. The lowest BCUT2D eigenvalue weighted by Crippen LogP contribution is -2.09. The molecule has 0 fully saturated rings. The number of pyridine rings is 1. The third-order valence-corrected chi connectivity index (χ3v) is 3.07. The van der Waals surface area contributed by atoms with Crippen LogP contribution in [-0.2, 0) is 6.42 Å². The third kappa shape index (κ3) is 1.91. The van der Waals surface area contributed by atoms with Crippen molar-refractivity contribution in [3.05, 3.63) is 39.9 Å². The van der Waals surface area contributed by atoms with E-state index in [0.717, 1.165) is 12.0 Å². The van der Waals surface area contributed by atoms with Gasteiger partial charge in [0.2, 0.25) is 0 Å². The average molecular weight is 255 g/mol. The Morgan fingerprint density at radius 2 is 2.16 bits per heavy atom. The Hall–Kier alpha value is -2.50. The second kappa shape index (κ2) is 4.31. The molecule has 0 amide bonds. The van der Waals surface area contributed by atoms with Gasteiger partial charge in [-0.2, -0.15) is 5.10 Å². The van der Waals surface area contributed by atoms with Crippen molar-refractivity contribution in [1.82, 2.24) is 25.1 Å². The first kappa shape index (κ1) is 11.6. The number of nitrogens with zero attached hydrogens (tertiary/aromatic N) is 3. The van der Waals surface area contributed by atoms with Crippen LogP contribution in [0.3, 0.4) is 0 Å². The van der Waals surface area contributed by atoms with Crippen molar-refractivity contribution < 1.29 is 0 Å². The molecule has 0 unspecified atom stereocenters. The van der Waals surface area contributed by atoms with E-state index in [2.05, 4.69) is 32.1 Å². The Balaban J connectivity index is 2.17. The Morgan fingerprint density at radius 1 is 1.32 bits per heavy atom. The van der Waals surface area contributed by atoms with Crippen molar-refractivity contribution in [1.29, 1.82) is 0 Å². The summed E-state index contributed by atoms with van der Waals surface area (Å²) in [7, 11) is 0. The van der Waals surface area contributed by atoms with Gasteiger partial charge in [0.15, 0.2) is 5.82 Å². The summed E-state index contributed by atoms with van der Waals surface area (Å²) in [5, 5.41) is 6.33. The Bertz CT molecular complexity index is 785. The zero-order valence-electron chi connectivity index (χ0n) is 10.7. The van der Waals surface area contributed by atoms with Gasteiger partial charge in [-0.05, 0) is 25.0 Å². The van der Waals surface area contributed by atoms with E-state index in [-0.39, 0.29) is 5.56 Å². The van der Waals surface area contributed by atoms with Crippen LogP contribution in [0.4, 0.5) is 0 Å². The molecule has 3 aromatic heterocycles. The topological polar surface area (TPSA) is 87.3 Å². The lowest BCUT2D eigenvalue weighted by Gasteiger charge is -1.97. The van der Waals surface area contributed by atoms with E-state index in [1.54, 1.807) is 6.92 Å². The fourth-order valence-corrected chi connectivity index (χ4v) is 1.94. The number of imidazole rings is 1. The maximum Gasteiger partial charge on any atom is 0.290 e. The molecule has 2 N–H and O–H groups in total. The zero-order chi connectivity index (χ0) is 13.4. The highest BCUT2D eigenvalue weighted by Gasteiger charge is 2.11. The molecular weight excluding hydrogens is 242 g/mol. The second-order valence-corrected chi connectivity index (χ2v) is 4.35. The smallest absolute Gasteiger partial charge is 0.290 e. The molecule has 3 aromatic rings. The SMILES string of the molecule is CCc1ccc(-c2nc3c(C)n[nH]c(=O)c3[nH]2)nc1. The van der Waals surface area contributed by atoms with Crippen molar-refractivity contribution in [2.75, 3.05) is 0 Å². The molecule has 6 nitrogen and oxygen atoms in total. The number of hydrogen-bond donors (Lipinski definition) is 2. The molecule has 96 valence electrons. The molecule has 19 heavy (non-hydrogen) atoms. The van der Waals surface area contributed by atoms with Gasteiger partial charge in [-0.3, -0.25) is 9.78 Å². The van der Waals surface area contributed by atoms with E-state index in [1.165, 1.54) is 0 Å². The van der Waals surface area contributed by atoms with Gasteiger partial charge in [-0.1, -0.05) is 13.0 Å². The van der Waals surface area contributed by atoms with Crippen LogP contribution in [-0.4, -0.2) is 25.1 Å². The molecule has 6 heteroatoms. The molecule has 0 aromatic carbocycles. The summed E-state index contributed by atoms with van der Waals surface area (Å²) in [4.78, 5) is 23.4. The van der Waals surface area contributed by atoms with Gasteiger partial charge in [-0.15, -0.1) is 0 Å². The summed E-state index contributed by atoms with van der Waals surface area (Å²) in [6, 6.07) is 3.90. The van der Waals surface area contributed by atoms with Crippen molar-refractivity contribution in [3.63, 3.8) is 0 Å². The molecule has 0 aliphatic rings. The molecule has 0 saturated carbocycles. The Kier molecular flexibility index (Phi) is 2.63. The number of aromatic nitrogens is 5. The van der Waals surface area contributed by atoms with Crippen LogP contribution in [0.2, 0.25) is 0 Å². The van der Waals surface area contributed by atoms with Crippen LogP contribution in [0.15, 0.2) is 23.1 Å². The van der Waals surface area contributed by atoms with Crippen LogP contribution in [0, 0.1) is 6.92 Å². The summed E-state index contributed by atoms with van der Waals surface area (Å²) < 4.78 is 0. The number of aryl methyl sites for hydroxylation is 2. The lowest BCUT2D eigenvalue weighted by molar-refractivity contribution is 0.965. The highest BCUT2D eigenvalue weighted by Crippen LogP contribution is 2.17. The van der Waals surface area contributed by atoms with E-state index in [4.69, 9.17) is 0 Å². The molecule has 0 saturated heterocycles. The van der Waals surface area contributed by atoms with Crippen LogP contribution in [0.1, 0.15) is 18.2 Å². The van der Waals surface area contributed by atoms with Crippen molar-refractivity contribution >= 4 is 11.0 Å². The fraction of sp³-hybridized carbons (Fsp3) is 0.231. The molecular formula is C13H13N5O. The fourth-order valence-electron chi connectivity index (χ4n) is 1.94. The molecule has 3 heterocycles. The van der Waals surface area contributed by atoms with Crippen molar-refractivity contribution in [2.45, 2.75) is 20.3 Å². The highest BCUT2D eigenvalue weighted by molar-refractivity contribution is 5.79. The molecule has 0 spiro atoms. The summed E-state index contributed by atoms with van der Waals surface area (Å²) in [6.45, 7) is 3.88. The second-order valence-electron chi connectivity index (χ2n) is 4.35. The quantitative estimate of drug-likeness (QED) is 0.727. The van der Waals surface area contributed by atoms with Gasteiger partial charge in [0, 0.05) is 6.20 Å². The maximum atomic E-state index is 11.7. The maximum absolute atomic E-state index is 11.7. The molecule has 3 rings (SSSR count). The van der Waals surface area contributed by atoms with Gasteiger partial charge in [0.25, 0.3) is 5.56 Å². The number of nitrogens with one attached hydrogen (secondary N) is 2. The molecule has 0 atom stereocenters. The van der Waals surface area contributed by atoms with Crippen LogP contribution in [0.25, 0.3) is 22.6 Å². The summed E-state index contributed by atoms with van der Waals surface area (Å²) >= 11 is 0.